The molecule has 0 aliphatic rings. The quantitative estimate of drug-likeness (QED) is 0.505. The molecule has 21 heavy (non-hydrogen) atoms. The zero-order valence-corrected chi connectivity index (χ0v) is 12.2. The smallest absolute Gasteiger partial charge is 0.337 e. The van der Waals surface area contributed by atoms with Crippen molar-refractivity contribution in [3.05, 3.63) is 68.7 Å². The number of nitrogens with zero attached hydrogens (tertiary/aromatic N) is 1. The van der Waals surface area contributed by atoms with Crippen LogP contribution in [0.5, 0.6) is 0 Å². The highest BCUT2D eigenvalue weighted by atomic mass is 35.5. The zero-order valence-electron chi connectivity index (χ0n) is 10.7. The van der Waals surface area contributed by atoms with E-state index in [1.807, 2.05) is 0 Å². The molecule has 0 radical (unpaired) electrons. The molecule has 0 aliphatic carbocycles. The lowest BCUT2D eigenvalue weighted by Gasteiger charge is -2.07. The van der Waals surface area contributed by atoms with E-state index in [1.54, 1.807) is 24.3 Å². The number of carboxylic acid groups (broad SMARTS) is 1. The van der Waals surface area contributed by atoms with Crippen molar-refractivity contribution in [1.82, 2.24) is 0 Å². The average Bonchev–Trinajstić information content (AvgIpc) is 2.45. The molecule has 5 nitrogen and oxygen atoms in total. The summed E-state index contributed by atoms with van der Waals surface area (Å²) >= 11 is 7.12. The number of hydrogen-bond donors (Lipinski definition) is 1. The number of nitro groups is 1. The van der Waals surface area contributed by atoms with Gasteiger partial charge in [0.15, 0.2) is 0 Å². The number of carboxylic acids is 1. The van der Waals surface area contributed by atoms with Crippen LogP contribution < -0.4 is 0 Å². The van der Waals surface area contributed by atoms with Crippen LogP contribution in [0, 0.1) is 10.1 Å². The van der Waals surface area contributed by atoms with Crippen LogP contribution in [0.4, 0.5) is 5.69 Å². The third kappa shape index (κ3) is 3.53. The monoisotopic (exact) mass is 323 g/mol. The largest absolute Gasteiger partial charge is 0.478 e. The Bertz CT molecular complexity index is 673. The third-order valence-electron chi connectivity index (χ3n) is 2.75. The first-order valence-electron chi connectivity index (χ1n) is 5.87. The fourth-order valence-corrected chi connectivity index (χ4v) is 3.19. The number of benzene rings is 2. The van der Waals surface area contributed by atoms with E-state index in [0.29, 0.717) is 10.8 Å². The minimum absolute atomic E-state index is 0.0822. The molecule has 0 saturated carbocycles. The first-order chi connectivity index (χ1) is 10.0. The summed E-state index contributed by atoms with van der Waals surface area (Å²) < 4.78 is 0. The van der Waals surface area contributed by atoms with Crippen LogP contribution in [0.3, 0.4) is 0 Å². The van der Waals surface area contributed by atoms with Crippen LogP contribution in [-0.4, -0.2) is 16.0 Å². The summed E-state index contributed by atoms with van der Waals surface area (Å²) in [6.07, 6.45) is 0. The van der Waals surface area contributed by atoms with E-state index in [-0.39, 0.29) is 16.1 Å². The number of aromatic carboxylic acids is 1. The molecule has 0 unspecified atom stereocenters. The highest BCUT2D eigenvalue weighted by Crippen LogP contribution is 2.35. The fraction of sp³-hybridized carbons (Fsp3) is 0.0714. The Morgan fingerprint density at radius 1 is 1.24 bits per heavy atom. The first-order valence-corrected chi connectivity index (χ1v) is 7.24. The molecule has 0 saturated heterocycles. The maximum absolute atomic E-state index is 11.2. The Morgan fingerprint density at radius 2 is 1.95 bits per heavy atom. The summed E-state index contributed by atoms with van der Waals surface area (Å²) in [5, 5.41) is 20.8. The molecule has 2 aromatic carbocycles. The Labute approximate surface area is 129 Å². The lowest BCUT2D eigenvalue weighted by atomic mass is 10.2. The van der Waals surface area contributed by atoms with E-state index in [1.165, 1.54) is 18.2 Å². The molecule has 7 heteroatoms. The topological polar surface area (TPSA) is 80.4 Å². The summed E-state index contributed by atoms with van der Waals surface area (Å²) in [6.45, 7) is 0. The van der Waals surface area contributed by atoms with E-state index >= 15 is 0 Å². The summed E-state index contributed by atoms with van der Waals surface area (Å²) in [6, 6.07) is 11.1. The van der Waals surface area contributed by atoms with Gasteiger partial charge < -0.3 is 5.11 Å². The van der Waals surface area contributed by atoms with Crippen LogP contribution in [-0.2, 0) is 5.75 Å². The van der Waals surface area contributed by atoms with Gasteiger partial charge in [-0.1, -0.05) is 35.9 Å². The van der Waals surface area contributed by atoms with Crippen molar-refractivity contribution in [1.29, 1.82) is 0 Å². The van der Waals surface area contributed by atoms with Gasteiger partial charge in [-0.05, 0) is 17.7 Å². The van der Waals surface area contributed by atoms with E-state index in [0.717, 1.165) is 17.3 Å². The van der Waals surface area contributed by atoms with Gasteiger partial charge in [-0.3, -0.25) is 10.1 Å². The van der Waals surface area contributed by atoms with Gasteiger partial charge in [-0.25, -0.2) is 4.79 Å². The number of rotatable bonds is 5. The lowest BCUT2D eigenvalue weighted by molar-refractivity contribution is -0.387. The molecule has 0 amide bonds. The first kappa shape index (κ1) is 15.3. The molecule has 108 valence electrons. The number of thioether (sulfide) groups is 1. The summed E-state index contributed by atoms with van der Waals surface area (Å²) in [4.78, 5) is 21.8. The maximum Gasteiger partial charge on any atom is 0.337 e. The molecule has 2 rings (SSSR count). The van der Waals surface area contributed by atoms with Gasteiger partial charge in [0.2, 0.25) is 0 Å². The molecule has 0 heterocycles. The van der Waals surface area contributed by atoms with Crippen molar-refractivity contribution in [3.8, 4) is 0 Å². The predicted molar refractivity (Wildman–Crippen MR) is 81.1 cm³/mol. The lowest BCUT2D eigenvalue weighted by Crippen LogP contribution is -2.02. The second-order valence-electron chi connectivity index (χ2n) is 4.10. The van der Waals surface area contributed by atoms with Gasteiger partial charge in [-0.15, -0.1) is 11.8 Å². The molecule has 0 spiro atoms. The minimum Gasteiger partial charge on any atom is -0.478 e. The Kier molecular flexibility index (Phi) is 4.82. The molecular formula is C14H10ClNO4S. The molecule has 0 bridgehead atoms. The van der Waals surface area contributed by atoms with Crippen molar-refractivity contribution < 1.29 is 14.8 Å². The Balaban J connectivity index is 2.36. The van der Waals surface area contributed by atoms with Crippen molar-refractivity contribution in [2.45, 2.75) is 10.6 Å². The van der Waals surface area contributed by atoms with E-state index in [4.69, 9.17) is 16.7 Å². The predicted octanol–water partition coefficient (Wildman–Crippen LogP) is 4.24. The van der Waals surface area contributed by atoms with Crippen LogP contribution in [0.25, 0.3) is 0 Å². The highest BCUT2D eigenvalue weighted by Gasteiger charge is 2.21. The maximum atomic E-state index is 11.2. The van der Waals surface area contributed by atoms with Gasteiger partial charge >= 0.3 is 5.97 Å². The highest BCUT2D eigenvalue weighted by molar-refractivity contribution is 7.98. The van der Waals surface area contributed by atoms with E-state index in [9.17, 15) is 14.9 Å². The number of nitro benzene ring substituents is 1. The number of halogens is 1. The normalized spacial score (nSPS) is 10.3. The molecule has 0 aromatic heterocycles. The minimum atomic E-state index is -1.19. The molecule has 0 fully saturated rings. The summed E-state index contributed by atoms with van der Waals surface area (Å²) in [7, 11) is 0. The molecule has 2 aromatic rings. The standard InChI is InChI=1S/C14H10ClNO4S/c15-11-6-2-1-4-9(11)8-21-13-10(14(17)18)5-3-7-12(13)16(19)20/h1-7H,8H2,(H,17,18). The second-order valence-corrected chi connectivity index (χ2v) is 5.49. The van der Waals surface area contributed by atoms with Crippen LogP contribution >= 0.6 is 23.4 Å². The summed E-state index contributed by atoms with van der Waals surface area (Å²) in [5.41, 5.74) is 0.492. The van der Waals surface area contributed by atoms with E-state index < -0.39 is 10.9 Å². The fourth-order valence-electron chi connectivity index (χ4n) is 1.75. The van der Waals surface area contributed by atoms with Gasteiger partial charge in [0.05, 0.1) is 10.5 Å². The van der Waals surface area contributed by atoms with E-state index in [2.05, 4.69) is 0 Å². The average molecular weight is 324 g/mol. The van der Waals surface area contributed by atoms with Crippen molar-refractivity contribution in [2.75, 3.05) is 0 Å². The molecule has 0 atom stereocenters. The molecular weight excluding hydrogens is 314 g/mol. The van der Waals surface area contributed by atoms with Crippen molar-refractivity contribution in [3.63, 3.8) is 0 Å². The van der Waals surface area contributed by atoms with Crippen LogP contribution in [0.15, 0.2) is 47.4 Å². The van der Waals surface area contributed by atoms with Gasteiger partial charge in [0.1, 0.15) is 4.90 Å². The number of hydrogen-bond acceptors (Lipinski definition) is 4. The molecule has 1 N–H and O–H groups in total. The SMILES string of the molecule is O=C(O)c1cccc([N+](=O)[O-])c1SCc1ccccc1Cl. The van der Waals surface area contributed by atoms with Gasteiger partial charge in [-0.2, -0.15) is 0 Å². The number of carbonyl (C=O) groups is 1. The zero-order chi connectivity index (χ0) is 15.4. The van der Waals surface area contributed by atoms with Gasteiger partial charge in [0.25, 0.3) is 5.69 Å². The molecule has 0 aliphatic heterocycles. The van der Waals surface area contributed by atoms with Crippen LogP contribution in [0.2, 0.25) is 5.02 Å². The second kappa shape index (κ2) is 6.60. The Hall–Kier alpha value is -2.05. The van der Waals surface area contributed by atoms with Gasteiger partial charge in [0, 0.05) is 16.8 Å². The summed E-state index contributed by atoms with van der Waals surface area (Å²) in [5.74, 6) is -0.842. The van der Waals surface area contributed by atoms with Crippen LogP contribution in [0.1, 0.15) is 15.9 Å². The van der Waals surface area contributed by atoms with Crippen molar-refractivity contribution in [2.24, 2.45) is 0 Å². The van der Waals surface area contributed by atoms with Crippen molar-refractivity contribution >= 4 is 35.0 Å². The third-order valence-corrected chi connectivity index (χ3v) is 4.29. The Morgan fingerprint density at radius 3 is 2.57 bits per heavy atom.